The molecule has 136 valence electrons. The fourth-order valence-corrected chi connectivity index (χ4v) is 5.18. The average Bonchev–Trinajstić information content (AvgIpc) is 2.81. The summed E-state index contributed by atoms with van der Waals surface area (Å²) in [7, 11) is 0. The number of carboxylic acids is 1. The van der Waals surface area contributed by atoms with Gasteiger partial charge in [0.1, 0.15) is 11.2 Å². The van der Waals surface area contributed by atoms with Gasteiger partial charge in [0.05, 0.1) is 0 Å². The van der Waals surface area contributed by atoms with E-state index in [0.717, 1.165) is 42.5 Å². The van der Waals surface area contributed by atoms with Gasteiger partial charge in [-0.15, -0.1) is 0 Å². The number of carbonyl (C=O) groups is 2. The molecule has 0 aromatic carbocycles. The predicted molar refractivity (Wildman–Crippen MR) is 85.9 cm³/mol. The van der Waals surface area contributed by atoms with Crippen LogP contribution in [0.5, 0.6) is 0 Å². The number of hydrogen-bond donors (Lipinski definition) is 3. The number of hydrogen-bond acceptors (Lipinski definition) is 2. The lowest BCUT2D eigenvalue weighted by Crippen LogP contribution is -2.71. The van der Waals surface area contributed by atoms with Gasteiger partial charge < -0.3 is 15.4 Å². The summed E-state index contributed by atoms with van der Waals surface area (Å²) in [6.45, 7) is 1.87. The Hall–Kier alpha value is -1.92. The molecule has 2 fully saturated rings. The van der Waals surface area contributed by atoms with Crippen LogP contribution in [0.3, 0.4) is 0 Å². The Morgan fingerprint density at radius 2 is 1.76 bits per heavy atom. The van der Waals surface area contributed by atoms with E-state index >= 15 is 0 Å². The van der Waals surface area contributed by atoms with Gasteiger partial charge in [-0.05, 0) is 62.0 Å². The minimum Gasteiger partial charge on any atom is -0.480 e. The van der Waals surface area contributed by atoms with Gasteiger partial charge in [0.25, 0.3) is 5.91 Å². The summed E-state index contributed by atoms with van der Waals surface area (Å²) in [6, 6.07) is 0. The van der Waals surface area contributed by atoms with E-state index in [4.69, 9.17) is 0 Å². The summed E-state index contributed by atoms with van der Waals surface area (Å²) in [5.41, 5.74) is 1.45. The second kappa shape index (κ2) is 5.05. The monoisotopic (exact) mass is 352 g/mol. The van der Waals surface area contributed by atoms with Crippen LogP contribution in [0.2, 0.25) is 0 Å². The molecule has 3 aliphatic carbocycles. The second-order valence-corrected chi connectivity index (χ2v) is 8.19. The summed E-state index contributed by atoms with van der Waals surface area (Å²) in [6.07, 6.45) is 3.58. The topological polar surface area (TPSA) is 82.2 Å². The Balaban J connectivity index is 1.52. The molecule has 0 unspecified atom stereocenters. The Morgan fingerprint density at radius 1 is 1.12 bits per heavy atom. The number of H-pyrrole nitrogens is 1. The van der Waals surface area contributed by atoms with Gasteiger partial charge >= 0.3 is 5.97 Å². The van der Waals surface area contributed by atoms with Crippen molar-refractivity contribution in [2.45, 2.75) is 69.8 Å². The van der Waals surface area contributed by atoms with Crippen molar-refractivity contribution >= 4 is 11.9 Å². The largest absolute Gasteiger partial charge is 0.480 e. The van der Waals surface area contributed by atoms with Crippen molar-refractivity contribution in [1.29, 1.82) is 0 Å². The highest BCUT2D eigenvalue weighted by Gasteiger charge is 2.69. The number of fused-ring (bicyclic) bond motifs is 1. The first-order chi connectivity index (χ1) is 11.7. The van der Waals surface area contributed by atoms with Gasteiger partial charge in [0.15, 0.2) is 0 Å². The zero-order chi connectivity index (χ0) is 18.0. The number of nitrogens with one attached hydrogen (secondary N) is 2. The number of aromatic amines is 1. The van der Waals surface area contributed by atoms with Crippen LogP contribution in [-0.4, -0.2) is 33.4 Å². The zero-order valence-electron chi connectivity index (χ0n) is 14.2. The highest BCUT2D eigenvalue weighted by atomic mass is 19.3. The third-order valence-electron chi connectivity index (χ3n) is 6.18. The van der Waals surface area contributed by atoms with Crippen molar-refractivity contribution in [3.05, 3.63) is 22.5 Å². The van der Waals surface area contributed by atoms with Crippen LogP contribution >= 0.6 is 0 Å². The van der Waals surface area contributed by atoms with Gasteiger partial charge in [-0.2, -0.15) is 0 Å². The molecule has 3 aliphatic rings. The lowest BCUT2D eigenvalue weighted by molar-refractivity contribution is -0.220. The minimum absolute atomic E-state index is 0.0795. The van der Waals surface area contributed by atoms with Crippen molar-refractivity contribution in [2.24, 2.45) is 5.41 Å². The summed E-state index contributed by atoms with van der Waals surface area (Å²) >= 11 is 0. The van der Waals surface area contributed by atoms with Crippen molar-refractivity contribution in [3.63, 3.8) is 0 Å². The normalized spacial score (nSPS) is 24.8. The predicted octanol–water partition coefficient (Wildman–Crippen LogP) is 2.96. The van der Waals surface area contributed by atoms with Crippen LogP contribution in [0.4, 0.5) is 8.78 Å². The van der Waals surface area contributed by atoms with Crippen LogP contribution < -0.4 is 5.32 Å². The fraction of sp³-hybridized carbons (Fsp3) is 0.667. The SMILES string of the molecule is Cc1c(C(=O)NC2(C(=O)O)CC3(CC(F)(F)C3)C2)[nH]c2c1CCCC2. The summed E-state index contributed by atoms with van der Waals surface area (Å²) < 4.78 is 26.4. The molecule has 3 N–H and O–H groups in total. The third kappa shape index (κ3) is 2.47. The molecule has 0 radical (unpaired) electrons. The summed E-state index contributed by atoms with van der Waals surface area (Å²) in [5, 5.41) is 12.2. The number of carbonyl (C=O) groups excluding carboxylic acids is 1. The van der Waals surface area contributed by atoms with E-state index in [1.165, 1.54) is 0 Å². The highest BCUT2D eigenvalue weighted by molar-refractivity contribution is 5.98. The molecule has 0 bridgehead atoms. The lowest BCUT2D eigenvalue weighted by Gasteiger charge is -2.61. The van der Waals surface area contributed by atoms with Crippen LogP contribution in [0.15, 0.2) is 0 Å². The molecule has 5 nitrogen and oxygen atoms in total. The molecule has 25 heavy (non-hydrogen) atoms. The average molecular weight is 352 g/mol. The molecule has 2 saturated carbocycles. The molecule has 1 aromatic rings. The zero-order valence-corrected chi connectivity index (χ0v) is 14.2. The Kier molecular flexibility index (Phi) is 3.34. The second-order valence-electron chi connectivity index (χ2n) is 8.19. The maximum atomic E-state index is 13.2. The summed E-state index contributed by atoms with van der Waals surface area (Å²) in [5.74, 6) is -4.28. The molecule has 7 heteroatoms. The minimum atomic E-state index is -2.69. The number of halogens is 2. The van der Waals surface area contributed by atoms with Crippen molar-refractivity contribution in [1.82, 2.24) is 10.3 Å². The van der Waals surface area contributed by atoms with E-state index in [9.17, 15) is 23.5 Å². The molecule has 0 saturated heterocycles. The quantitative estimate of drug-likeness (QED) is 0.782. The first kappa shape index (κ1) is 16.5. The maximum absolute atomic E-state index is 13.2. The summed E-state index contributed by atoms with van der Waals surface area (Å²) in [4.78, 5) is 27.6. The third-order valence-corrected chi connectivity index (χ3v) is 6.18. The number of alkyl halides is 2. The van der Waals surface area contributed by atoms with Crippen molar-refractivity contribution in [2.75, 3.05) is 0 Å². The van der Waals surface area contributed by atoms with Crippen LogP contribution in [0.1, 0.15) is 65.8 Å². The number of aryl methyl sites for hydroxylation is 1. The van der Waals surface area contributed by atoms with Crippen LogP contribution in [-0.2, 0) is 17.6 Å². The van der Waals surface area contributed by atoms with E-state index in [-0.39, 0.29) is 25.7 Å². The Morgan fingerprint density at radius 3 is 2.32 bits per heavy atom. The number of amides is 1. The van der Waals surface area contributed by atoms with E-state index in [1.807, 2.05) is 6.92 Å². The molecule has 1 spiro atoms. The van der Waals surface area contributed by atoms with Gasteiger partial charge in [0.2, 0.25) is 5.92 Å². The Bertz CT molecular complexity index is 753. The smallest absolute Gasteiger partial charge is 0.329 e. The van der Waals surface area contributed by atoms with E-state index in [1.54, 1.807) is 0 Å². The number of rotatable bonds is 3. The maximum Gasteiger partial charge on any atom is 0.329 e. The van der Waals surface area contributed by atoms with Crippen LogP contribution in [0, 0.1) is 12.3 Å². The van der Waals surface area contributed by atoms with Gasteiger partial charge in [-0.3, -0.25) is 4.79 Å². The van der Waals surface area contributed by atoms with E-state index in [0.29, 0.717) is 5.69 Å². The molecule has 1 heterocycles. The van der Waals surface area contributed by atoms with Crippen molar-refractivity contribution in [3.8, 4) is 0 Å². The fourth-order valence-electron chi connectivity index (χ4n) is 5.18. The van der Waals surface area contributed by atoms with Gasteiger partial charge in [-0.25, -0.2) is 13.6 Å². The first-order valence-electron chi connectivity index (χ1n) is 8.80. The number of aromatic nitrogens is 1. The number of carboxylic acid groups (broad SMARTS) is 1. The van der Waals surface area contributed by atoms with Crippen LogP contribution in [0.25, 0.3) is 0 Å². The van der Waals surface area contributed by atoms with E-state index < -0.39 is 28.8 Å². The molecular formula is C18H22F2N2O3. The molecule has 1 amide bonds. The van der Waals surface area contributed by atoms with Crippen molar-refractivity contribution < 1.29 is 23.5 Å². The first-order valence-corrected chi connectivity index (χ1v) is 8.80. The molecular weight excluding hydrogens is 330 g/mol. The highest BCUT2D eigenvalue weighted by Crippen LogP contribution is 2.65. The van der Waals surface area contributed by atoms with Gasteiger partial charge in [0, 0.05) is 18.5 Å². The molecule has 4 rings (SSSR count). The molecule has 0 aliphatic heterocycles. The lowest BCUT2D eigenvalue weighted by atomic mass is 9.47. The molecule has 1 aromatic heterocycles. The standard InChI is InChI=1S/C18H22F2N2O3/c1-10-11-4-2-3-5-12(11)21-13(10)14(23)22-17(15(24)25)6-16(7-17)8-18(19,20)9-16/h21H,2-9H2,1H3,(H,22,23)(H,24,25). The van der Waals surface area contributed by atoms with Gasteiger partial charge in [-0.1, -0.05) is 0 Å². The number of aliphatic carboxylic acids is 1. The molecule has 0 atom stereocenters. The Labute approximate surface area is 144 Å². The van der Waals surface area contributed by atoms with E-state index in [2.05, 4.69) is 10.3 Å².